The van der Waals surface area contributed by atoms with Crippen LogP contribution in [0.1, 0.15) is 11.1 Å². The third-order valence-corrected chi connectivity index (χ3v) is 3.11. The number of nitriles is 1. The summed E-state index contributed by atoms with van der Waals surface area (Å²) >= 11 is 3.47. The first-order valence-electron chi connectivity index (χ1n) is 5.16. The second kappa shape index (κ2) is 5.51. The van der Waals surface area contributed by atoms with Gasteiger partial charge in [-0.2, -0.15) is 5.26 Å². The quantitative estimate of drug-likeness (QED) is 0.858. The zero-order valence-electron chi connectivity index (χ0n) is 9.06. The summed E-state index contributed by atoms with van der Waals surface area (Å²) < 4.78 is 6.67. The molecule has 0 heterocycles. The largest absolute Gasteiger partial charge is 0.489 e. The normalized spacial score (nSPS) is 9.65. The second-order valence-corrected chi connectivity index (χ2v) is 4.37. The Kier molecular flexibility index (Phi) is 3.79. The summed E-state index contributed by atoms with van der Waals surface area (Å²) in [6.07, 6.45) is 0. The van der Waals surface area contributed by atoms with Gasteiger partial charge in [-0.15, -0.1) is 0 Å². The van der Waals surface area contributed by atoms with Crippen molar-refractivity contribution in [3.05, 3.63) is 64.1 Å². The molecule has 0 bridgehead atoms. The molecule has 2 aromatic carbocycles. The molecule has 0 aromatic heterocycles. The van der Waals surface area contributed by atoms with E-state index in [9.17, 15) is 0 Å². The Bertz CT molecular complexity index is 543. The summed E-state index contributed by atoms with van der Waals surface area (Å²) in [5.74, 6) is 0.764. The van der Waals surface area contributed by atoms with Gasteiger partial charge in [-0.05, 0) is 30.3 Å². The lowest BCUT2D eigenvalue weighted by atomic mass is 10.2. The van der Waals surface area contributed by atoms with Crippen LogP contribution in [0.4, 0.5) is 0 Å². The van der Waals surface area contributed by atoms with E-state index >= 15 is 0 Å². The van der Waals surface area contributed by atoms with Crippen LogP contribution in [0, 0.1) is 11.3 Å². The SMILES string of the molecule is N#Cc1ccc(OCc2ccccc2Br)cc1. The summed E-state index contributed by atoms with van der Waals surface area (Å²) in [7, 11) is 0. The lowest BCUT2D eigenvalue weighted by Gasteiger charge is -2.07. The first-order chi connectivity index (χ1) is 8.29. The molecule has 17 heavy (non-hydrogen) atoms. The van der Waals surface area contributed by atoms with Crippen molar-refractivity contribution in [2.24, 2.45) is 0 Å². The highest BCUT2D eigenvalue weighted by molar-refractivity contribution is 9.10. The zero-order chi connectivity index (χ0) is 12.1. The van der Waals surface area contributed by atoms with Crippen LogP contribution in [0.3, 0.4) is 0 Å². The fourth-order valence-corrected chi connectivity index (χ4v) is 1.80. The van der Waals surface area contributed by atoms with Crippen molar-refractivity contribution in [3.63, 3.8) is 0 Å². The number of ether oxygens (including phenoxy) is 1. The number of hydrogen-bond donors (Lipinski definition) is 0. The van der Waals surface area contributed by atoms with E-state index in [1.807, 2.05) is 24.3 Å². The predicted molar refractivity (Wildman–Crippen MR) is 69.6 cm³/mol. The van der Waals surface area contributed by atoms with E-state index in [2.05, 4.69) is 22.0 Å². The highest BCUT2D eigenvalue weighted by Gasteiger charge is 2.00. The standard InChI is InChI=1S/C14H10BrNO/c15-14-4-2-1-3-12(14)10-17-13-7-5-11(9-16)6-8-13/h1-8H,10H2. The third kappa shape index (κ3) is 3.08. The Labute approximate surface area is 109 Å². The average molecular weight is 288 g/mol. The van der Waals surface area contributed by atoms with Crippen molar-refractivity contribution in [2.45, 2.75) is 6.61 Å². The van der Waals surface area contributed by atoms with Crippen LogP contribution in [-0.2, 0) is 6.61 Å². The fraction of sp³-hybridized carbons (Fsp3) is 0.0714. The van der Waals surface area contributed by atoms with Gasteiger partial charge in [0.05, 0.1) is 11.6 Å². The predicted octanol–water partition coefficient (Wildman–Crippen LogP) is 3.90. The molecule has 0 saturated carbocycles. The second-order valence-electron chi connectivity index (χ2n) is 3.52. The Morgan fingerprint density at radius 1 is 1.06 bits per heavy atom. The molecule has 3 heteroatoms. The maximum Gasteiger partial charge on any atom is 0.119 e. The van der Waals surface area contributed by atoms with E-state index in [-0.39, 0.29) is 0 Å². The molecule has 0 aliphatic heterocycles. The topological polar surface area (TPSA) is 33.0 Å². The van der Waals surface area contributed by atoms with Gasteiger partial charge in [-0.3, -0.25) is 0 Å². The number of rotatable bonds is 3. The van der Waals surface area contributed by atoms with Crippen molar-refractivity contribution in [1.29, 1.82) is 5.26 Å². The van der Waals surface area contributed by atoms with E-state index in [0.717, 1.165) is 15.8 Å². The van der Waals surface area contributed by atoms with Gasteiger partial charge in [0.15, 0.2) is 0 Å². The molecule has 0 N–H and O–H groups in total. The summed E-state index contributed by atoms with van der Waals surface area (Å²) in [6.45, 7) is 0.507. The molecule has 0 spiro atoms. The maximum atomic E-state index is 8.68. The fourth-order valence-electron chi connectivity index (χ4n) is 1.40. The smallest absolute Gasteiger partial charge is 0.119 e. The molecule has 2 aromatic rings. The third-order valence-electron chi connectivity index (χ3n) is 2.34. The summed E-state index contributed by atoms with van der Waals surface area (Å²) in [5, 5.41) is 8.68. The maximum absolute atomic E-state index is 8.68. The van der Waals surface area contributed by atoms with Crippen molar-refractivity contribution >= 4 is 15.9 Å². The monoisotopic (exact) mass is 287 g/mol. The summed E-state index contributed by atoms with van der Waals surface area (Å²) in [6, 6.07) is 17.1. The summed E-state index contributed by atoms with van der Waals surface area (Å²) in [4.78, 5) is 0. The van der Waals surface area contributed by atoms with Crippen LogP contribution < -0.4 is 4.74 Å². The van der Waals surface area contributed by atoms with Gasteiger partial charge in [-0.1, -0.05) is 34.1 Å². The van der Waals surface area contributed by atoms with Gasteiger partial charge in [0.25, 0.3) is 0 Å². The summed E-state index contributed by atoms with van der Waals surface area (Å²) in [5.41, 5.74) is 1.73. The molecule has 2 rings (SSSR count). The Hall–Kier alpha value is -1.79. The van der Waals surface area contributed by atoms with Crippen molar-refractivity contribution in [3.8, 4) is 11.8 Å². The van der Waals surface area contributed by atoms with Crippen LogP contribution >= 0.6 is 15.9 Å². The zero-order valence-corrected chi connectivity index (χ0v) is 10.6. The molecule has 84 valence electrons. The van der Waals surface area contributed by atoms with E-state index in [1.54, 1.807) is 24.3 Å². The van der Waals surface area contributed by atoms with Crippen molar-refractivity contribution in [2.75, 3.05) is 0 Å². The van der Waals surface area contributed by atoms with Crippen molar-refractivity contribution < 1.29 is 4.74 Å². The Balaban J connectivity index is 2.03. The van der Waals surface area contributed by atoms with Crippen LogP contribution in [0.25, 0.3) is 0 Å². The van der Waals surface area contributed by atoms with Crippen molar-refractivity contribution in [1.82, 2.24) is 0 Å². The van der Waals surface area contributed by atoms with E-state index in [1.165, 1.54) is 0 Å². The highest BCUT2D eigenvalue weighted by atomic mass is 79.9. The lowest BCUT2D eigenvalue weighted by molar-refractivity contribution is 0.305. The minimum absolute atomic E-state index is 0.507. The molecule has 0 aliphatic carbocycles. The first kappa shape index (κ1) is 11.7. The minimum Gasteiger partial charge on any atom is -0.489 e. The van der Waals surface area contributed by atoms with Gasteiger partial charge in [-0.25, -0.2) is 0 Å². The molecule has 0 unspecified atom stereocenters. The molecular formula is C14H10BrNO. The minimum atomic E-state index is 0.507. The van der Waals surface area contributed by atoms with Crippen LogP contribution in [0.2, 0.25) is 0 Å². The molecule has 0 saturated heterocycles. The molecule has 0 radical (unpaired) electrons. The highest BCUT2D eigenvalue weighted by Crippen LogP contribution is 2.19. The molecule has 0 amide bonds. The van der Waals surface area contributed by atoms with E-state index in [4.69, 9.17) is 10.00 Å². The van der Waals surface area contributed by atoms with Gasteiger partial charge >= 0.3 is 0 Å². The van der Waals surface area contributed by atoms with Crippen LogP contribution in [0.5, 0.6) is 5.75 Å². The number of benzene rings is 2. The molecule has 0 aliphatic rings. The van der Waals surface area contributed by atoms with E-state index < -0.39 is 0 Å². The number of hydrogen-bond acceptors (Lipinski definition) is 2. The first-order valence-corrected chi connectivity index (χ1v) is 5.95. The average Bonchev–Trinajstić information content (AvgIpc) is 2.38. The van der Waals surface area contributed by atoms with Gasteiger partial charge in [0.1, 0.15) is 12.4 Å². The van der Waals surface area contributed by atoms with E-state index in [0.29, 0.717) is 12.2 Å². The molecule has 2 nitrogen and oxygen atoms in total. The number of nitrogens with zero attached hydrogens (tertiary/aromatic N) is 1. The van der Waals surface area contributed by atoms with Gasteiger partial charge in [0.2, 0.25) is 0 Å². The lowest BCUT2D eigenvalue weighted by Crippen LogP contribution is -1.96. The van der Waals surface area contributed by atoms with Crippen LogP contribution in [-0.4, -0.2) is 0 Å². The number of halogens is 1. The molecule has 0 atom stereocenters. The Morgan fingerprint density at radius 3 is 2.41 bits per heavy atom. The molecule has 0 fully saturated rings. The Morgan fingerprint density at radius 2 is 1.76 bits per heavy atom. The molecular weight excluding hydrogens is 278 g/mol. The van der Waals surface area contributed by atoms with Gasteiger partial charge in [0, 0.05) is 10.0 Å². The van der Waals surface area contributed by atoms with Gasteiger partial charge < -0.3 is 4.74 Å². The van der Waals surface area contributed by atoms with Crippen LogP contribution in [0.15, 0.2) is 53.0 Å².